The zero-order chi connectivity index (χ0) is 5.11. The Hall–Kier alpha value is -0.440. The van der Waals surface area contributed by atoms with E-state index in [1.165, 1.54) is 0 Å². The average Bonchev–Trinajstić information content (AvgIpc) is 2.14. The van der Waals surface area contributed by atoms with Crippen LogP contribution in [0.1, 0.15) is 0 Å². The zero-order valence-electron chi connectivity index (χ0n) is 3.50. The van der Waals surface area contributed by atoms with Crippen LogP contribution in [0.15, 0.2) is 21.2 Å². The molecule has 3 heteroatoms. The van der Waals surface area contributed by atoms with Gasteiger partial charge in [0.05, 0.1) is 16.1 Å². The predicted octanol–water partition coefficient (Wildman–Crippen LogP) is 1.34. The first-order valence-corrected chi connectivity index (χ1v) is 2.54. The highest BCUT2D eigenvalue weighted by atomic mass is 79.9. The maximum Gasteiger partial charge on any atom is 0.159 e. The molecule has 0 unspecified atom stereocenters. The summed E-state index contributed by atoms with van der Waals surface area (Å²) >= 11 is 2.90. The highest BCUT2D eigenvalue weighted by molar-refractivity contribution is 9.08. The van der Waals surface area contributed by atoms with Crippen molar-refractivity contribution >= 4 is 28.2 Å². The summed E-state index contributed by atoms with van der Waals surface area (Å²) in [6, 6.07) is 0. The first kappa shape index (κ1) is 4.71. The molecule has 1 aliphatic heterocycles. The van der Waals surface area contributed by atoms with Gasteiger partial charge in [-0.1, -0.05) is 0 Å². The maximum absolute atomic E-state index is 3.82. The van der Waals surface area contributed by atoms with E-state index in [1.54, 1.807) is 6.21 Å². The molecule has 2 nitrogen and oxygen atoms in total. The van der Waals surface area contributed by atoms with Crippen molar-refractivity contribution in [2.24, 2.45) is 9.01 Å². The van der Waals surface area contributed by atoms with Crippen LogP contribution in [0.2, 0.25) is 0 Å². The lowest BCUT2D eigenvalue weighted by Gasteiger charge is -1.74. The van der Waals surface area contributed by atoms with Crippen LogP contribution in [0.5, 0.6) is 0 Å². The van der Waals surface area contributed by atoms with E-state index < -0.39 is 0 Å². The smallest absolute Gasteiger partial charge is 0.159 e. The van der Waals surface area contributed by atoms with Crippen molar-refractivity contribution in [3.05, 3.63) is 12.2 Å². The Morgan fingerprint density at radius 2 is 2.57 bits per heavy atom. The van der Waals surface area contributed by atoms with Gasteiger partial charge in [-0.2, -0.15) is 4.02 Å². The fourth-order valence-electron chi connectivity index (χ4n) is 0.342. The minimum atomic E-state index is 0.722. The van der Waals surface area contributed by atoms with E-state index in [1.807, 2.05) is 12.2 Å². The summed E-state index contributed by atoms with van der Waals surface area (Å²) in [4.78, 5) is 3.82. The van der Waals surface area contributed by atoms with E-state index >= 15 is 0 Å². The van der Waals surface area contributed by atoms with E-state index in [-0.39, 0.29) is 0 Å². The molecule has 0 saturated heterocycles. The van der Waals surface area contributed by atoms with Crippen molar-refractivity contribution in [3.63, 3.8) is 0 Å². The van der Waals surface area contributed by atoms with Crippen molar-refractivity contribution in [3.8, 4) is 0 Å². The number of hydrogen-bond acceptors (Lipinski definition) is 1. The van der Waals surface area contributed by atoms with Crippen molar-refractivity contribution in [1.29, 1.82) is 0 Å². The molecule has 36 valence electrons. The summed E-state index contributed by atoms with van der Waals surface area (Å²) in [6.07, 6.45) is 5.34. The van der Waals surface area contributed by atoms with E-state index in [2.05, 4.69) is 25.2 Å². The summed E-state index contributed by atoms with van der Waals surface area (Å²) in [7, 11) is 0. The van der Waals surface area contributed by atoms with Crippen LogP contribution < -0.4 is 0 Å². The standard InChI is InChI=1S/C4H3BrN2/c5-7-4-2-1-3-6-4/h1-3H. The maximum atomic E-state index is 3.82. The Bertz CT molecular complexity index is 132. The van der Waals surface area contributed by atoms with E-state index in [0.29, 0.717) is 0 Å². The summed E-state index contributed by atoms with van der Waals surface area (Å²) in [6.45, 7) is 0. The Morgan fingerprint density at radius 1 is 1.71 bits per heavy atom. The number of hydrogen-bond donors (Lipinski definition) is 0. The van der Waals surface area contributed by atoms with Crippen LogP contribution >= 0.6 is 16.1 Å². The fraction of sp³-hybridized carbons (Fsp3) is 0. The third-order valence-electron chi connectivity index (χ3n) is 0.625. The molecule has 0 spiro atoms. The third kappa shape index (κ3) is 0.962. The zero-order valence-corrected chi connectivity index (χ0v) is 5.09. The minimum Gasteiger partial charge on any atom is -0.237 e. The van der Waals surface area contributed by atoms with Crippen LogP contribution in [-0.2, 0) is 0 Å². The van der Waals surface area contributed by atoms with Gasteiger partial charge in [-0.25, -0.2) is 4.99 Å². The van der Waals surface area contributed by atoms with Crippen LogP contribution in [0.3, 0.4) is 0 Å². The first-order valence-electron chi connectivity index (χ1n) is 1.83. The molecule has 0 atom stereocenters. The lowest BCUT2D eigenvalue weighted by atomic mass is 10.6. The lowest BCUT2D eigenvalue weighted by molar-refractivity contribution is 1.73. The van der Waals surface area contributed by atoms with Crippen LogP contribution in [0.25, 0.3) is 0 Å². The molecule has 0 saturated carbocycles. The van der Waals surface area contributed by atoms with Gasteiger partial charge in [0.15, 0.2) is 5.84 Å². The van der Waals surface area contributed by atoms with Gasteiger partial charge in [0.25, 0.3) is 0 Å². The van der Waals surface area contributed by atoms with Gasteiger partial charge in [-0.15, -0.1) is 0 Å². The van der Waals surface area contributed by atoms with Gasteiger partial charge in [0.1, 0.15) is 0 Å². The molecule has 0 aromatic heterocycles. The summed E-state index contributed by atoms with van der Waals surface area (Å²) < 4.78 is 3.63. The molecule has 0 aliphatic carbocycles. The number of aliphatic imine (C=N–C) groups is 1. The Kier molecular flexibility index (Phi) is 1.36. The van der Waals surface area contributed by atoms with Gasteiger partial charge in [-0.05, 0) is 12.2 Å². The quantitative estimate of drug-likeness (QED) is 0.509. The topological polar surface area (TPSA) is 24.7 Å². The van der Waals surface area contributed by atoms with Crippen LogP contribution in [0, 0.1) is 0 Å². The molecule has 0 aromatic carbocycles. The largest absolute Gasteiger partial charge is 0.237 e. The second kappa shape index (κ2) is 2.02. The number of nitrogens with zero attached hydrogens (tertiary/aromatic N) is 2. The fourth-order valence-corrected chi connectivity index (χ4v) is 0.551. The third-order valence-corrected chi connectivity index (χ3v) is 0.988. The molecular weight excluding hydrogens is 156 g/mol. The summed E-state index contributed by atoms with van der Waals surface area (Å²) in [5.41, 5.74) is 0. The molecule has 0 radical (unpaired) electrons. The number of amidine groups is 1. The minimum absolute atomic E-state index is 0.722. The molecule has 0 amide bonds. The van der Waals surface area contributed by atoms with Crippen molar-refractivity contribution in [1.82, 2.24) is 0 Å². The molecule has 0 N–H and O–H groups in total. The first-order chi connectivity index (χ1) is 3.43. The van der Waals surface area contributed by atoms with Gasteiger partial charge in [-0.3, -0.25) is 0 Å². The Balaban J connectivity index is 2.79. The number of halogens is 1. The van der Waals surface area contributed by atoms with Gasteiger partial charge in [0, 0.05) is 6.21 Å². The van der Waals surface area contributed by atoms with Gasteiger partial charge >= 0.3 is 0 Å². The monoisotopic (exact) mass is 158 g/mol. The van der Waals surface area contributed by atoms with E-state index in [0.717, 1.165) is 5.84 Å². The summed E-state index contributed by atoms with van der Waals surface area (Å²) in [5, 5.41) is 0. The van der Waals surface area contributed by atoms with Crippen LogP contribution in [0.4, 0.5) is 0 Å². The SMILES string of the molecule is BrN=C1C=CC=N1. The predicted molar refractivity (Wildman–Crippen MR) is 34.0 cm³/mol. The molecule has 1 rings (SSSR count). The van der Waals surface area contributed by atoms with Crippen molar-refractivity contribution in [2.75, 3.05) is 0 Å². The summed E-state index contributed by atoms with van der Waals surface area (Å²) in [5.74, 6) is 0.722. The molecular formula is C4H3BrN2. The molecule has 0 aromatic rings. The molecule has 0 fully saturated rings. The normalized spacial score (nSPS) is 22.1. The van der Waals surface area contributed by atoms with E-state index in [9.17, 15) is 0 Å². The average molecular weight is 159 g/mol. The van der Waals surface area contributed by atoms with E-state index in [4.69, 9.17) is 0 Å². The Labute approximate surface area is 50.0 Å². The van der Waals surface area contributed by atoms with Gasteiger partial charge < -0.3 is 0 Å². The molecule has 7 heavy (non-hydrogen) atoms. The highest BCUT2D eigenvalue weighted by Crippen LogP contribution is 1.93. The number of allylic oxidation sites excluding steroid dienone is 1. The number of rotatable bonds is 0. The highest BCUT2D eigenvalue weighted by Gasteiger charge is 1.88. The molecule has 1 aliphatic rings. The lowest BCUT2D eigenvalue weighted by Crippen LogP contribution is -1.75. The van der Waals surface area contributed by atoms with Crippen LogP contribution in [-0.4, -0.2) is 12.1 Å². The van der Waals surface area contributed by atoms with Crippen molar-refractivity contribution < 1.29 is 0 Å². The van der Waals surface area contributed by atoms with Gasteiger partial charge in [0.2, 0.25) is 0 Å². The second-order valence-corrected chi connectivity index (χ2v) is 1.43. The second-order valence-electron chi connectivity index (χ2n) is 1.08. The van der Waals surface area contributed by atoms with Crippen molar-refractivity contribution in [2.45, 2.75) is 0 Å². The molecule has 0 bridgehead atoms. The Morgan fingerprint density at radius 3 is 2.86 bits per heavy atom. The molecule has 1 heterocycles.